The largest absolute Gasteiger partial charge is 0.0588 e. The molecule has 0 nitrogen and oxygen atoms in total. The average Bonchev–Trinajstić information content (AvgIpc) is 2.30. The van der Waals surface area contributed by atoms with Crippen molar-refractivity contribution in [1.29, 1.82) is 0 Å². The Labute approximate surface area is 111 Å². The molecule has 0 aliphatic heterocycles. The zero-order chi connectivity index (χ0) is 13.3. The predicted molar refractivity (Wildman–Crippen MR) is 79.3 cm³/mol. The van der Waals surface area contributed by atoms with Crippen molar-refractivity contribution in [3.63, 3.8) is 0 Å². The number of aryl methyl sites for hydroxylation is 4. The lowest BCUT2D eigenvalue weighted by atomic mass is 9.89. The van der Waals surface area contributed by atoms with Crippen LogP contribution in [0.4, 0.5) is 0 Å². The Morgan fingerprint density at radius 2 is 1.28 bits per heavy atom. The summed E-state index contributed by atoms with van der Waals surface area (Å²) >= 11 is 0. The van der Waals surface area contributed by atoms with Gasteiger partial charge in [0, 0.05) is 5.92 Å². The third-order valence-corrected chi connectivity index (χ3v) is 3.77. The van der Waals surface area contributed by atoms with Crippen molar-refractivity contribution in [2.24, 2.45) is 0 Å². The van der Waals surface area contributed by atoms with Gasteiger partial charge in [0.1, 0.15) is 0 Å². The van der Waals surface area contributed by atoms with Gasteiger partial charge in [-0.25, -0.2) is 0 Å². The van der Waals surface area contributed by atoms with E-state index in [0.717, 1.165) is 0 Å². The summed E-state index contributed by atoms with van der Waals surface area (Å²) in [5.41, 5.74) is 8.26. The summed E-state index contributed by atoms with van der Waals surface area (Å²) in [6, 6.07) is 13.6. The van der Waals surface area contributed by atoms with Crippen molar-refractivity contribution in [2.45, 2.75) is 40.5 Å². The molecule has 0 N–H and O–H groups in total. The highest BCUT2D eigenvalue weighted by Crippen LogP contribution is 2.27. The average molecular weight is 238 g/mol. The summed E-state index contributed by atoms with van der Waals surface area (Å²) in [4.78, 5) is 0. The Bertz CT molecular complexity index is 544. The second-order valence-corrected chi connectivity index (χ2v) is 5.49. The molecule has 0 aromatic heterocycles. The zero-order valence-corrected chi connectivity index (χ0v) is 12.0. The van der Waals surface area contributed by atoms with E-state index in [-0.39, 0.29) is 0 Å². The summed E-state index contributed by atoms with van der Waals surface area (Å²) in [6.45, 7) is 11.0. The van der Waals surface area contributed by atoms with Crippen LogP contribution in [0.5, 0.6) is 0 Å². The Balaban J connectivity index is 2.40. The van der Waals surface area contributed by atoms with Crippen molar-refractivity contribution < 1.29 is 0 Å². The molecule has 0 spiro atoms. The molecule has 0 heteroatoms. The van der Waals surface area contributed by atoms with Crippen LogP contribution in [0.2, 0.25) is 0 Å². The molecular formula is C18H22. The molecule has 2 aromatic rings. The van der Waals surface area contributed by atoms with Gasteiger partial charge in [0.2, 0.25) is 0 Å². The van der Waals surface area contributed by atoms with E-state index < -0.39 is 0 Å². The van der Waals surface area contributed by atoms with E-state index in [0.29, 0.717) is 5.92 Å². The minimum absolute atomic E-state index is 0.461. The lowest BCUT2D eigenvalue weighted by Gasteiger charge is -2.15. The van der Waals surface area contributed by atoms with Gasteiger partial charge in [-0.3, -0.25) is 0 Å². The lowest BCUT2D eigenvalue weighted by molar-refractivity contribution is 0.914. The van der Waals surface area contributed by atoms with Crippen molar-refractivity contribution in [2.75, 3.05) is 0 Å². The number of rotatable bonds is 2. The smallest absolute Gasteiger partial charge is 0.00613 e. The Morgan fingerprint density at radius 1 is 0.667 bits per heavy atom. The third-order valence-electron chi connectivity index (χ3n) is 3.77. The summed E-state index contributed by atoms with van der Waals surface area (Å²) in [5.74, 6) is 0.461. The monoisotopic (exact) mass is 238 g/mol. The van der Waals surface area contributed by atoms with Crippen LogP contribution in [0.1, 0.15) is 46.2 Å². The van der Waals surface area contributed by atoms with E-state index >= 15 is 0 Å². The topological polar surface area (TPSA) is 0 Å². The number of hydrogen-bond acceptors (Lipinski definition) is 0. The maximum Gasteiger partial charge on any atom is 0.00613 e. The Morgan fingerprint density at radius 3 is 1.83 bits per heavy atom. The Kier molecular flexibility index (Phi) is 3.56. The molecule has 0 saturated carbocycles. The first-order valence-corrected chi connectivity index (χ1v) is 6.62. The highest BCUT2D eigenvalue weighted by atomic mass is 14.1. The van der Waals surface area contributed by atoms with Gasteiger partial charge < -0.3 is 0 Å². The molecule has 0 amide bonds. The molecule has 1 atom stereocenters. The summed E-state index contributed by atoms with van der Waals surface area (Å²) < 4.78 is 0. The molecule has 0 bridgehead atoms. The highest BCUT2D eigenvalue weighted by molar-refractivity contribution is 5.39. The first-order chi connectivity index (χ1) is 8.47. The minimum Gasteiger partial charge on any atom is -0.0588 e. The van der Waals surface area contributed by atoms with Crippen LogP contribution in [0.3, 0.4) is 0 Å². The van der Waals surface area contributed by atoms with Crippen LogP contribution >= 0.6 is 0 Å². The van der Waals surface area contributed by atoms with Crippen LogP contribution in [0.15, 0.2) is 36.4 Å². The fourth-order valence-electron chi connectivity index (χ4n) is 2.49. The second-order valence-electron chi connectivity index (χ2n) is 5.49. The minimum atomic E-state index is 0.461. The maximum absolute atomic E-state index is 2.32. The van der Waals surface area contributed by atoms with Gasteiger partial charge in [-0.15, -0.1) is 0 Å². The molecule has 18 heavy (non-hydrogen) atoms. The second kappa shape index (κ2) is 4.97. The van der Waals surface area contributed by atoms with Gasteiger partial charge in [-0.1, -0.05) is 54.4 Å². The van der Waals surface area contributed by atoms with Crippen molar-refractivity contribution in [1.82, 2.24) is 0 Å². The molecule has 0 heterocycles. The number of benzene rings is 2. The normalized spacial score (nSPS) is 12.5. The van der Waals surface area contributed by atoms with E-state index in [4.69, 9.17) is 0 Å². The summed E-state index contributed by atoms with van der Waals surface area (Å²) in [7, 11) is 0. The van der Waals surface area contributed by atoms with Crippen molar-refractivity contribution >= 4 is 0 Å². The van der Waals surface area contributed by atoms with Crippen molar-refractivity contribution in [3.8, 4) is 0 Å². The van der Waals surface area contributed by atoms with E-state index in [1.165, 1.54) is 33.4 Å². The summed E-state index contributed by atoms with van der Waals surface area (Å²) in [5, 5.41) is 0. The lowest BCUT2D eigenvalue weighted by Crippen LogP contribution is -1.98. The van der Waals surface area contributed by atoms with Crippen LogP contribution in [0, 0.1) is 27.7 Å². The molecular weight excluding hydrogens is 216 g/mol. The van der Waals surface area contributed by atoms with Crippen LogP contribution in [0.25, 0.3) is 0 Å². The SMILES string of the molecule is Cc1cc(C)cc(C(C)c2ccc(C)c(C)c2)c1. The summed E-state index contributed by atoms with van der Waals surface area (Å²) in [6.07, 6.45) is 0. The first kappa shape index (κ1) is 12.9. The van der Waals surface area contributed by atoms with Crippen molar-refractivity contribution in [3.05, 3.63) is 69.8 Å². The van der Waals surface area contributed by atoms with Gasteiger partial charge in [0.15, 0.2) is 0 Å². The van der Waals surface area contributed by atoms with E-state index in [9.17, 15) is 0 Å². The molecule has 0 saturated heterocycles. The molecule has 2 aromatic carbocycles. The van der Waals surface area contributed by atoms with Crippen LogP contribution in [-0.2, 0) is 0 Å². The zero-order valence-electron chi connectivity index (χ0n) is 12.0. The predicted octanol–water partition coefficient (Wildman–Crippen LogP) is 5.07. The fraction of sp³-hybridized carbons (Fsp3) is 0.333. The van der Waals surface area contributed by atoms with Crippen LogP contribution < -0.4 is 0 Å². The molecule has 0 fully saturated rings. The maximum atomic E-state index is 2.32. The molecule has 0 aliphatic rings. The van der Waals surface area contributed by atoms with E-state index in [2.05, 4.69) is 71.0 Å². The molecule has 0 aliphatic carbocycles. The van der Waals surface area contributed by atoms with Gasteiger partial charge in [-0.05, 0) is 49.9 Å². The quantitative estimate of drug-likeness (QED) is 0.685. The van der Waals surface area contributed by atoms with Gasteiger partial charge >= 0.3 is 0 Å². The Hall–Kier alpha value is -1.56. The standard InChI is InChI=1S/C18H22/c1-12-8-13(2)10-18(9-12)16(5)17-7-6-14(3)15(4)11-17/h6-11,16H,1-5H3. The highest BCUT2D eigenvalue weighted by Gasteiger charge is 2.10. The molecule has 1 unspecified atom stereocenters. The van der Waals surface area contributed by atoms with Gasteiger partial charge in [-0.2, -0.15) is 0 Å². The van der Waals surface area contributed by atoms with E-state index in [1.54, 1.807) is 0 Å². The molecule has 94 valence electrons. The number of hydrogen-bond donors (Lipinski definition) is 0. The third kappa shape index (κ3) is 2.64. The van der Waals surface area contributed by atoms with Gasteiger partial charge in [0.25, 0.3) is 0 Å². The van der Waals surface area contributed by atoms with E-state index in [1.807, 2.05) is 0 Å². The molecule has 0 radical (unpaired) electrons. The van der Waals surface area contributed by atoms with Crippen LogP contribution in [-0.4, -0.2) is 0 Å². The molecule has 2 rings (SSSR count). The fourth-order valence-corrected chi connectivity index (χ4v) is 2.49. The van der Waals surface area contributed by atoms with Gasteiger partial charge in [0.05, 0.1) is 0 Å². The first-order valence-electron chi connectivity index (χ1n) is 6.62.